The van der Waals surface area contributed by atoms with Crippen molar-refractivity contribution in [2.45, 2.75) is 20.8 Å². The van der Waals surface area contributed by atoms with Gasteiger partial charge in [-0.1, -0.05) is 20.0 Å². The van der Waals surface area contributed by atoms with Crippen LogP contribution in [0.1, 0.15) is 19.5 Å². The summed E-state index contributed by atoms with van der Waals surface area (Å²) in [5.41, 5.74) is 1.76. The van der Waals surface area contributed by atoms with Crippen LogP contribution >= 0.6 is 0 Å². The Balaban J connectivity index is 0. The molecule has 0 atom stereocenters. The van der Waals surface area contributed by atoms with Crippen LogP contribution in [-0.2, 0) is 20.4 Å². The molecule has 0 aliphatic rings. The predicted octanol–water partition coefficient (Wildman–Crippen LogP) is 1.72. The van der Waals surface area contributed by atoms with Crippen LogP contribution in [0.15, 0.2) is 12.3 Å². The van der Waals surface area contributed by atoms with E-state index in [4.69, 9.17) is 0 Å². The Kier molecular flexibility index (Phi) is 7.14. The average molecular weight is 614 g/mol. The molecule has 14 heavy (non-hydrogen) atoms. The number of nitrogens with zero attached hydrogens (tertiary/aromatic N) is 3. The van der Waals surface area contributed by atoms with Crippen molar-refractivity contribution in [2.75, 3.05) is 0 Å². The van der Waals surface area contributed by atoms with Gasteiger partial charge in [-0.05, 0) is 18.8 Å². The molecule has 1 radical (unpaired) electrons. The van der Waals surface area contributed by atoms with Gasteiger partial charge in [0, 0.05) is 20.4 Å². The zero-order valence-electron chi connectivity index (χ0n) is 8.58. The Morgan fingerprint density at radius 1 is 1.36 bits per heavy atom. The Labute approximate surface area is 91.6 Å². The summed E-state index contributed by atoms with van der Waals surface area (Å²) in [7, 11) is 0. The van der Waals surface area contributed by atoms with Crippen molar-refractivity contribution in [3.05, 3.63) is 24.2 Å². The maximum Gasteiger partial charge on any atom is 0 e. The third-order valence-electron chi connectivity index (χ3n) is 1.43. The summed E-state index contributed by atoms with van der Waals surface area (Å²) < 4.78 is 0. The third-order valence-corrected chi connectivity index (χ3v) is 1.43. The number of pyridine rings is 1. The monoisotopic (exact) mass is 615 g/mol. The number of hydrogen-bond acceptors (Lipinski definition) is 2. The van der Waals surface area contributed by atoms with Crippen molar-refractivity contribution in [3.8, 4) is 0 Å². The van der Waals surface area contributed by atoms with Crippen LogP contribution in [-0.4, -0.2) is 10.1 Å². The van der Waals surface area contributed by atoms with Crippen molar-refractivity contribution in [3.63, 3.8) is 0 Å². The van der Waals surface area contributed by atoms with Gasteiger partial charge < -0.3 is 10.2 Å². The SMILES string of the molecule is CC.Cc1nccc2[c-]n[n-]c12.[Re].[Rf]. The second-order valence-corrected chi connectivity index (χ2v) is 2.10. The number of aryl methyl sites for hydroxylation is 1. The molecule has 0 aliphatic heterocycles. The first-order valence-corrected chi connectivity index (χ1v) is 4.00. The molecule has 0 fully saturated rings. The molecule has 0 amide bonds. The Morgan fingerprint density at radius 2 is 2.00 bits per heavy atom. The van der Waals surface area contributed by atoms with Crippen LogP contribution in [0.2, 0.25) is 0 Å². The van der Waals surface area contributed by atoms with Gasteiger partial charge in [0.25, 0.3) is 0 Å². The van der Waals surface area contributed by atoms with Gasteiger partial charge in [-0.2, -0.15) is 5.39 Å². The zero-order chi connectivity index (χ0) is 8.97. The van der Waals surface area contributed by atoms with Crippen molar-refractivity contribution in [2.24, 2.45) is 0 Å². The summed E-state index contributed by atoms with van der Waals surface area (Å²) in [6.45, 7) is 5.91. The van der Waals surface area contributed by atoms with Gasteiger partial charge in [0.1, 0.15) is 0 Å². The molecule has 2 aromatic rings. The summed E-state index contributed by atoms with van der Waals surface area (Å²) in [6.07, 6.45) is 4.49. The van der Waals surface area contributed by atoms with Crippen molar-refractivity contribution in [1.29, 1.82) is 0 Å². The van der Waals surface area contributed by atoms with Crippen LogP contribution in [0, 0.1) is 13.1 Å². The molecule has 0 bridgehead atoms. The van der Waals surface area contributed by atoms with Crippen LogP contribution < -0.4 is 5.10 Å². The summed E-state index contributed by atoms with van der Waals surface area (Å²) in [5, 5.41) is 8.43. The maximum atomic E-state index is 4.06. The molecule has 2 rings (SSSR count). The minimum atomic E-state index is 0. The van der Waals surface area contributed by atoms with E-state index >= 15 is 0 Å². The Morgan fingerprint density at radius 3 is 2.57 bits per heavy atom. The largest absolute Gasteiger partial charge is 0.645 e. The van der Waals surface area contributed by atoms with Gasteiger partial charge in [0.15, 0.2) is 0 Å². The summed E-state index contributed by atoms with van der Waals surface area (Å²) in [5.74, 6) is 0. The van der Waals surface area contributed by atoms with E-state index in [0.717, 1.165) is 16.6 Å². The first-order valence-electron chi connectivity index (χ1n) is 4.00. The van der Waals surface area contributed by atoms with Gasteiger partial charge in [-0.3, -0.25) is 4.98 Å². The van der Waals surface area contributed by atoms with Gasteiger partial charge in [0.05, 0.1) is 0 Å². The summed E-state index contributed by atoms with van der Waals surface area (Å²) >= 11 is 0. The first kappa shape index (κ1) is 14.8. The fourth-order valence-corrected chi connectivity index (χ4v) is 0.904. The first-order chi connectivity index (χ1) is 5.88. The molecule has 0 aromatic carbocycles. The molecule has 2 aromatic heterocycles. The van der Waals surface area contributed by atoms with Gasteiger partial charge in [0.2, 0.25) is 0 Å². The van der Waals surface area contributed by atoms with Gasteiger partial charge in [-0.15, -0.1) is 6.07 Å². The van der Waals surface area contributed by atoms with Crippen LogP contribution in [0.4, 0.5) is 0 Å². The maximum absolute atomic E-state index is 4.06. The second-order valence-electron chi connectivity index (χ2n) is 2.10. The molecular formula is C9H11N3ReRf-2. The normalized spacial score (nSPS) is 7.93. The van der Waals surface area contributed by atoms with E-state index in [0.29, 0.717) is 0 Å². The molecule has 0 N–H and O–H groups in total. The molecule has 0 unspecified atom stereocenters. The molecule has 0 saturated heterocycles. The topological polar surface area (TPSA) is 39.9 Å². The second kappa shape index (κ2) is 6.76. The Bertz CT molecular complexity index is 362. The van der Waals surface area contributed by atoms with Crippen LogP contribution in [0.3, 0.4) is 0 Å². The Hall–Kier alpha value is -1.72. The smallest absolute Gasteiger partial charge is 0 e. The molecule has 0 spiro atoms. The van der Waals surface area contributed by atoms with Crippen molar-refractivity contribution >= 4 is 10.9 Å². The molecule has 5 heteroatoms. The molecule has 0 saturated carbocycles. The van der Waals surface area contributed by atoms with Crippen molar-refractivity contribution in [1.82, 2.24) is 15.2 Å². The van der Waals surface area contributed by atoms with Crippen LogP contribution in [0.25, 0.3) is 10.9 Å². The van der Waals surface area contributed by atoms with E-state index in [-0.39, 0.29) is 20.4 Å². The van der Waals surface area contributed by atoms with E-state index in [9.17, 15) is 0 Å². The van der Waals surface area contributed by atoms with Crippen LogP contribution in [0.5, 0.6) is 0 Å². The van der Waals surface area contributed by atoms with E-state index in [2.05, 4.69) is 21.4 Å². The van der Waals surface area contributed by atoms with E-state index in [1.807, 2.05) is 26.8 Å². The summed E-state index contributed by atoms with van der Waals surface area (Å²) in [4.78, 5) is 4.06. The molecule has 0 aliphatic carbocycles. The zero-order valence-corrected chi connectivity index (χ0v) is 17.7. The number of fused-ring (bicyclic) bond motifs is 1. The third kappa shape index (κ3) is 2.65. The molecule has 73 valence electrons. The predicted molar refractivity (Wildman–Crippen MR) is 47.8 cm³/mol. The fraction of sp³-hybridized carbons (Fsp3) is 0.333. The van der Waals surface area contributed by atoms with Crippen molar-refractivity contribution < 1.29 is 20.4 Å². The minimum Gasteiger partial charge on any atom is -0.645 e. The number of aromatic nitrogens is 3. The average Bonchev–Trinajstić information content (AvgIpc) is 2.57. The molecular weight excluding hydrogens is 603 g/mol. The van der Waals surface area contributed by atoms with E-state index in [1.165, 1.54) is 0 Å². The molecule has 3 nitrogen and oxygen atoms in total. The standard InChI is InChI=1S/C7H5N3.C2H6.Re.Rf/c1-5-7-6(2-3-8-5)4-9-10-7;1-2;;/h2-3H,1H3;1-2H3;;/q-2;;;. The molecule has 2 heterocycles. The number of hydrogen-bond donors (Lipinski definition) is 0. The quantitative estimate of drug-likeness (QED) is 0.425. The van der Waals surface area contributed by atoms with Gasteiger partial charge >= 0.3 is 0 Å². The fourth-order valence-electron chi connectivity index (χ4n) is 0.904. The number of rotatable bonds is 0. The van der Waals surface area contributed by atoms with Gasteiger partial charge in [-0.25, -0.2) is 5.52 Å². The minimum absolute atomic E-state index is 0. The van der Waals surface area contributed by atoms with E-state index in [1.54, 1.807) is 6.20 Å². The summed E-state index contributed by atoms with van der Waals surface area (Å²) in [6, 6.07) is 1.85. The van der Waals surface area contributed by atoms with E-state index < -0.39 is 0 Å².